The number of pyridine rings is 1. The number of aryl methyl sites for hydroxylation is 1. The van der Waals surface area contributed by atoms with E-state index < -0.39 is 11.8 Å². The van der Waals surface area contributed by atoms with E-state index >= 15 is 0 Å². The van der Waals surface area contributed by atoms with Crippen molar-refractivity contribution >= 4 is 11.6 Å². The van der Waals surface area contributed by atoms with Crippen molar-refractivity contribution in [1.82, 2.24) is 9.38 Å². The SMILES string of the molecule is Cc1cccn2c(=O)cc(COC(=O)c3cccc(F)c3)nc12. The van der Waals surface area contributed by atoms with Gasteiger partial charge in [-0.25, -0.2) is 14.2 Å². The van der Waals surface area contributed by atoms with Crippen LogP contribution in [0.5, 0.6) is 0 Å². The van der Waals surface area contributed by atoms with E-state index in [1.807, 2.05) is 13.0 Å². The maximum absolute atomic E-state index is 13.1. The molecule has 0 amide bonds. The van der Waals surface area contributed by atoms with Gasteiger partial charge in [-0.2, -0.15) is 0 Å². The minimum atomic E-state index is -0.670. The molecule has 0 unspecified atom stereocenters. The summed E-state index contributed by atoms with van der Waals surface area (Å²) < 4.78 is 19.6. The Kier molecular flexibility index (Phi) is 3.89. The summed E-state index contributed by atoms with van der Waals surface area (Å²) in [5, 5.41) is 0. The molecule has 0 spiro atoms. The van der Waals surface area contributed by atoms with Crippen LogP contribution in [0.1, 0.15) is 21.6 Å². The minimum Gasteiger partial charge on any atom is -0.456 e. The van der Waals surface area contributed by atoms with Gasteiger partial charge in [-0.05, 0) is 36.8 Å². The first-order valence-corrected chi connectivity index (χ1v) is 6.95. The molecule has 0 aliphatic rings. The molecule has 0 bridgehead atoms. The number of fused-ring (bicyclic) bond motifs is 1. The zero-order valence-electron chi connectivity index (χ0n) is 12.3. The molecule has 2 aromatic heterocycles. The maximum atomic E-state index is 13.1. The Labute approximate surface area is 131 Å². The number of rotatable bonds is 3. The molecular weight excluding hydrogens is 299 g/mol. The van der Waals surface area contributed by atoms with Gasteiger partial charge in [0.05, 0.1) is 11.3 Å². The van der Waals surface area contributed by atoms with Crippen molar-refractivity contribution < 1.29 is 13.9 Å². The van der Waals surface area contributed by atoms with Crippen LogP contribution in [0.15, 0.2) is 53.5 Å². The number of esters is 1. The molecule has 0 aliphatic heterocycles. The van der Waals surface area contributed by atoms with Crippen LogP contribution >= 0.6 is 0 Å². The third kappa shape index (κ3) is 3.11. The number of benzene rings is 1. The number of halogens is 1. The van der Waals surface area contributed by atoms with Crippen LogP contribution in [0.3, 0.4) is 0 Å². The topological polar surface area (TPSA) is 60.7 Å². The van der Waals surface area contributed by atoms with Crippen molar-refractivity contribution in [2.75, 3.05) is 0 Å². The second-order valence-electron chi connectivity index (χ2n) is 5.06. The molecule has 0 N–H and O–H groups in total. The van der Waals surface area contributed by atoms with E-state index in [4.69, 9.17) is 4.74 Å². The zero-order valence-corrected chi connectivity index (χ0v) is 12.3. The molecule has 5 nitrogen and oxygen atoms in total. The molecule has 0 saturated heterocycles. The summed E-state index contributed by atoms with van der Waals surface area (Å²) in [6.45, 7) is 1.68. The average molecular weight is 312 g/mol. The zero-order chi connectivity index (χ0) is 16.4. The van der Waals surface area contributed by atoms with E-state index in [2.05, 4.69) is 4.98 Å². The average Bonchev–Trinajstić information content (AvgIpc) is 2.53. The number of aromatic nitrogens is 2. The molecule has 0 atom stereocenters. The van der Waals surface area contributed by atoms with Crippen molar-refractivity contribution in [2.24, 2.45) is 0 Å². The molecule has 23 heavy (non-hydrogen) atoms. The number of hydrogen-bond donors (Lipinski definition) is 0. The van der Waals surface area contributed by atoms with Crippen LogP contribution in [0, 0.1) is 12.7 Å². The summed E-state index contributed by atoms with van der Waals surface area (Å²) in [4.78, 5) is 28.3. The van der Waals surface area contributed by atoms with Crippen LogP contribution in [0.25, 0.3) is 5.65 Å². The fourth-order valence-corrected chi connectivity index (χ4v) is 2.22. The van der Waals surface area contributed by atoms with Gasteiger partial charge in [-0.15, -0.1) is 0 Å². The Hall–Kier alpha value is -3.02. The molecule has 0 radical (unpaired) electrons. The van der Waals surface area contributed by atoms with Gasteiger partial charge in [0.1, 0.15) is 18.1 Å². The summed E-state index contributed by atoms with van der Waals surface area (Å²) in [6, 6.07) is 10.1. The largest absolute Gasteiger partial charge is 0.456 e. The monoisotopic (exact) mass is 312 g/mol. The fraction of sp³-hybridized carbons (Fsp3) is 0.118. The summed E-state index contributed by atoms with van der Waals surface area (Å²) in [6.07, 6.45) is 1.63. The van der Waals surface area contributed by atoms with Gasteiger partial charge in [0, 0.05) is 12.3 Å². The lowest BCUT2D eigenvalue weighted by Gasteiger charge is -2.07. The highest BCUT2D eigenvalue weighted by Gasteiger charge is 2.10. The summed E-state index contributed by atoms with van der Waals surface area (Å²) in [5.41, 5.74) is 1.54. The van der Waals surface area contributed by atoms with Gasteiger partial charge in [-0.1, -0.05) is 12.1 Å². The first kappa shape index (κ1) is 14.9. The van der Waals surface area contributed by atoms with Crippen molar-refractivity contribution in [2.45, 2.75) is 13.5 Å². The quantitative estimate of drug-likeness (QED) is 0.697. The number of carbonyl (C=O) groups is 1. The number of ether oxygens (including phenoxy) is 1. The lowest BCUT2D eigenvalue weighted by Crippen LogP contribution is -2.17. The van der Waals surface area contributed by atoms with Gasteiger partial charge in [0.2, 0.25) is 0 Å². The van der Waals surface area contributed by atoms with Gasteiger partial charge < -0.3 is 4.74 Å². The van der Waals surface area contributed by atoms with Gasteiger partial charge in [-0.3, -0.25) is 9.20 Å². The number of hydrogen-bond acceptors (Lipinski definition) is 4. The van der Waals surface area contributed by atoms with Gasteiger partial charge in [0.25, 0.3) is 5.56 Å². The maximum Gasteiger partial charge on any atom is 0.338 e. The second-order valence-corrected chi connectivity index (χ2v) is 5.06. The molecule has 2 heterocycles. The molecular formula is C17H13FN2O3. The Morgan fingerprint density at radius 1 is 1.26 bits per heavy atom. The van der Waals surface area contributed by atoms with Crippen LogP contribution < -0.4 is 5.56 Å². The summed E-state index contributed by atoms with van der Waals surface area (Å²) in [5.74, 6) is -1.19. The summed E-state index contributed by atoms with van der Waals surface area (Å²) >= 11 is 0. The van der Waals surface area contributed by atoms with Gasteiger partial charge >= 0.3 is 5.97 Å². The highest BCUT2D eigenvalue weighted by atomic mass is 19.1. The first-order valence-electron chi connectivity index (χ1n) is 6.95. The second kappa shape index (κ2) is 6.00. The predicted molar refractivity (Wildman–Crippen MR) is 81.7 cm³/mol. The number of nitrogens with zero attached hydrogens (tertiary/aromatic N) is 2. The molecule has 3 rings (SSSR count). The third-order valence-corrected chi connectivity index (χ3v) is 3.35. The highest BCUT2D eigenvalue weighted by Crippen LogP contribution is 2.09. The third-order valence-electron chi connectivity index (χ3n) is 3.35. The Morgan fingerprint density at radius 3 is 2.87 bits per heavy atom. The molecule has 3 aromatic rings. The Balaban J connectivity index is 1.83. The smallest absolute Gasteiger partial charge is 0.338 e. The van der Waals surface area contributed by atoms with Crippen LogP contribution in [0.4, 0.5) is 4.39 Å². The highest BCUT2D eigenvalue weighted by molar-refractivity contribution is 5.89. The van der Waals surface area contributed by atoms with Gasteiger partial charge in [0.15, 0.2) is 0 Å². The van der Waals surface area contributed by atoms with Crippen molar-refractivity contribution in [1.29, 1.82) is 0 Å². The Morgan fingerprint density at radius 2 is 2.09 bits per heavy atom. The van der Waals surface area contributed by atoms with Crippen molar-refractivity contribution in [3.8, 4) is 0 Å². The first-order chi connectivity index (χ1) is 11.0. The Bertz CT molecular complexity index is 950. The van der Waals surface area contributed by atoms with E-state index in [0.29, 0.717) is 11.3 Å². The van der Waals surface area contributed by atoms with E-state index in [1.54, 1.807) is 12.3 Å². The molecule has 1 aromatic carbocycles. The van der Waals surface area contributed by atoms with E-state index in [0.717, 1.165) is 11.6 Å². The number of carbonyl (C=O) groups excluding carboxylic acids is 1. The normalized spacial score (nSPS) is 10.7. The van der Waals surface area contributed by atoms with E-state index in [9.17, 15) is 14.0 Å². The summed E-state index contributed by atoms with van der Waals surface area (Å²) in [7, 11) is 0. The molecule has 0 aliphatic carbocycles. The fourth-order valence-electron chi connectivity index (χ4n) is 2.22. The lowest BCUT2D eigenvalue weighted by atomic mass is 10.2. The van der Waals surface area contributed by atoms with Crippen LogP contribution in [-0.2, 0) is 11.3 Å². The molecule has 6 heteroatoms. The van der Waals surface area contributed by atoms with E-state index in [1.165, 1.54) is 28.7 Å². The predicted octanol–water partition coefficient (Wildman–Crippen LogP) is 2.50. The molecule has 116 valence electrons. The van der Waals surface area contributed by atoms with Crippen molar-refractivity contribution in [3.05, 3.63) is 81.7 Å². The molecule has 0 fully saturated rings. The lowest BCUT2D eigenvalue weighted by molar-refractivity contribution is 0.0467. The van der Waals surface area contributed by atoms with Crippen LogP contribution in [0.2, 0.25) is 0 Å². The van der Waals surface area contributed by atoms with Crippen molar-refractivity contribution in [3.63, 3.8) is 0 Å². The van der Waals surface area contributed by atoms with E-state index in [-0.39, 0.29) is 17.7 Å². The van der Waals surface area contributed by atoms with Crippen LogP contribution in [-0.4, -0.2) is 15.4 Å². The minimum absolute atomic E-state index is 0.110. The molecule has 0 saturated carbocycles. The standard InChI is InChI=1S/C17H13FN2O3/c1-11-4-3-7-20-15(21)9-14(19-16(11)20)10-23-17(22)12-5-2-6-13(18)8-12/h2-9H,10H2,1H3.